The molecule has 2 atom stereocenters. The first-order chi connectivity index (χ1) is 10.4. The molecule has 0 fully saturated rings. The Hall–Kier alpha value is -1.61. The number of aliphatic hydroxyl groups excluding tert-OH is 1. The predicted molar refractivity (Wildman–Crippen MR) is 82.3 cm³/mol. The molecule has 0 spiro atoms. The predicted octanol–water partition coefficient (Wildman–Crippen LogP) is 2.19. The van der Waals surface area contributed by atoms with Crippen LogP contribution in [0, 0.1) is 10.1 Å². The highest BCUT2D eigenvalue weighted by molar-refractivity contribution is 7.91. The zero-order chi connectivity index (χ0) is 16.4. The van der Waals surface area contributed by atoms with Crippen LogP contribution in [0.4, 0.5) is 5.82 Å². The maximum atomic E-state index is 11.8. The molecule has 7 nitrogen and oxygen atoms in total. The second-order valence-corrected chi connectivity index (χ2v) is 6.63. The van der Waals surface area contributed by atoms with E-state index in [1.807, 2.05) is 0 Å². The van der Waals surface area contributed by atoms with Gasteiger partial charge >= 0.3 is 5.82 Å². The van der Waals surface area contributed by atoms with E-state index in [0.717, 1.165) is 6.20 Å². The molecule has 0 bridgehead atoms. The molecule has 2 rings (SSSR count). The number of hydrogen-bond donors (Lipinski definition) is 1. The number of aliphatic hydroxyl groups is 1. The fourth-order valence-corrected chi connectivity index (χ4v) is 3.27. The summed E-state index contributed by atoms with van der Waals surface area (Å²) in [6, 6.07) is 4.66. The quantitative estimate of drug-likeness (QED) is 0.509. The maximum Gasteiger partial charge on any atom is 0.342 e. The molecular formula is C13H14ClN3O4S. The lowest BCUT2D eigenvalue weighted by molar-refractivity contribution is -0.391. The molecule has 9 heteroatoms. The number of halogens is 1. The van der Waals surface area contributed by atoms with Gasteiger partial charge in [-0.05, 0) is 40.7 Å². The van der Waals surface area contributed by atoms with E-state index in [2.05, 4.69) is 4.98 Å². The Morgan fingerprint density at radius 1 is 1.55 bits per heavy atom. The smallest absolute Gasteiger partial charge is 0.342 e. The molecular weight excluding hydrogens is 330 g/mol. The standard InChI is InChI=1S/C13H14ClN3O4S/c1-3-22(21)10-5-4-8(6-9(10)14)12(18)13-15-7-11(16(13)2)17(19)20/h4-7,12,18H,3H2,1-2H3. The number of nitrogens with zero attached hydrogens (tertiary/aromatic N) is 3. The Bertz CT molecular complexity index is 707. The minimum atomic E-state index is -1.20. The van der Waals surface area contributed by atoms with Crippen LogP contribution in [0.3, 0.4) is 0 Å². The Labute approximate surface area is 134 Å². The summed E-state index contributed by atoms with van der Waals surface area (Å²) in [6.07, 6.45) is -0.0824. The third-order valence-electron chi connectivity index (χ3n) is 3.21. The van der Waals surface area contributed by atoms with E-state index in [-0.39, 0.29) is 16.7 Å². The van der Waals surface area contributed by atoms with Crippen LogP contribution in [0.2, 0.25) is 5.02 Å². The summed E-state index contributed by atoms with van der Waals surface area (Å²) in [7, 11) is 1.45. The van der Waals surface area contributed by atoms with Gasteiger partial charge in [0.05, 0.1) is 12.1 Å². The maximum absolute atomic E-state index is 11.8. The topological polar surface area (TPSA) is 104 Å². The zero-order valence-electron chi connectivity index (χ0n) is 11.9. The number of nitro groups is 1. The first-order valence-electron chi connectivity index (χ1n) is 6.38. The molecule has 1 aromatic heterocycles. The first kappa shape index (κ1) is 16.8. The van der Waals surface area contributed by atoms with Crippen molar-refractivity contribution in [2.24, 2.45) is 7.05 Å². The lowest BCUT2D eigenvalue weighted by Crippen LogP contribution is -2.10. The minimum Gasteiger partial charge on any atom is -0.611 e. The first-order valence-corrected chi connectivity index (χ1v) is 8.08. The van der Waals surface area contributed by atoms with E-state index in [9.17, 15) is 19.8 Å². The van der Waals surface area contributed by atoms with Crippen molar-refractivity contribution in [1.29, 1.82) is 0 Å². The van der Waals surface area contributed by atoms with Gasteiger partial charge < -0.3 is 19.8 Å². The van der Waals surface area contributed by atoms with Gasteiger partial charge in [-0.15, -0.1) is 0 Å². The van der Waals surface area contributed by atoms with E-state index < -0.39 is 22.2 Å². The Morgan fingerprint density at radius 2 is 2.23 bits per heavy atom. The van der Waals surface area contributed by atoms with Crippen molar-refractivity contribution in [2.75, 3.05) is 5.75 Å². The molecule has 1 aromatic carbocycles. The van der Waals surface area contributed by atoms with Crippen molar-refractivity contribution in [3.8, 4) is 0 Å². The number of rotatable bonds is 5. The zero-order valence-corrected chi connectivity index (χ0v) is 13.5. The molecule has 2 aromatic rings. The van der Waals surface area contributed by atoms with Gasteiger partial charge in [0, 0.05) is 0 Å². The van der Waals surface area contributed by atoms with Gasteiger partial charge in [0.1, 0.15) is 11.9 Å². The Balaban J connectivity index is 2.36. The van der Waals surface area contributed by atoms with E-state index in [0.29, 0.717) is 16.2 Å². The number of imidazole rings is 1. The van der Waals surface area contributed by atoms with E-state index in [4.69, 9.17) is 11.6 Å². The molecule has 0 saturated carbocycles. The van der Waals surface area contributed by atoms with Crippen LogP contribution in [0.5, 0.6) is 0 Å². The van der Waals surface area contributed by atoms with E-state index in [1.54, 1.807) is 19.1 Å². The highest BCUT2D eigenvalue weighted by Crippen LogP contribution is 2.29. The van der Waals surface area contributed by atoms with Crippen molar-refractivity contribution < 1.29 is 14.6 Å². The monoisotopic (exact) mass is 343 g/mol. The summed E-state index contributed by atoms with van der Waals surface area (Å²) in [6.45, 7) is 1.78. The third kappa shape index (κ3) is 3.09. The normalized spacial score (nSPS) is 13.9. The molecule has 118 valence electrons. The van der Waals surface area contributed by atoms with Crippen LogP contribution in [0.1, 0.15) is 24.4 Å². The molecule has 0 amide bonds. The molecule has 0 aliphatic carbocycles. The van der Waals surface area contributed by atoms with Crippen molar-refractivity contribution >= 4 is 28.6 Å². The second kappa shape index (κ2) is 6.66. The largest absolute Gasteiger partial charge is 0.611 e. The van der Waals surface area contributed by atoms with E-state index >= 15 is 0 Å². The van der Waals surface area contributed by atoms with Crippen LogP contribution in [0.15, 0.2) is 29.3 Å². The highest BCUT2D eigenvalue weighted by atomic mass is 35.5. The van der Waals surface area contributed by atoms with Gasteiger partial charge in [-0.1, -0.05) is 17.7 Å². The molecule has 0 aliphatic heterocycles. The number of aromatic nitrogens is 2. The van der Waals surface area contributed by atoms with Crippen molar-refractivity contribution in [3.63, 3.8) is 0 Å². The average molecular weight is 344 g/mol. The molecule has 0 saturated heterocycles. The van der Waals surface area contributed by atoms with Gasteiger partial charge in [-0.25, -0.2) is 9.55 Å². The fourth-order valence-electron chi connectivity index (χ4n) is 2.01. The summed E-state index contributed by atoms with van der Waals surface area (Å²) in [4.78, 5) is 14.6. The molecule has 0 radical (unpaired) electrons. The second-order valence-electron chi connectivity index (χ2n) is 4.52. The summed E-state index contributed by atoms with van der Waals surface area (Å²) < 4.78 is 13.0. The summed E-state index contributed by atoms with van der Waals surface area (Å²) >= 11 is 4.89. The molecule has 22 heavy (non-hydrogen) atoms. The SMILES string of the molecule is CC[S+]([O-])c1ccc(C(O)c2ncc([N+](=O)[O-])n2C)cc1Cl. The summed E-state index contributed by atoms with van der Waals surface area (Å²) in [5, 5.41) is 21.4. The number of benzene rings is 1. The third-order valence-corrected chi connectivity index (χ3v) is 5.01. The van der Waals surface area contributed by atoms with Crippen LogP contribution in [-0.4, -0.2) is 29.9 Å². The average Bonchev–Trinajstić information content (AvgIpc) is 2.87. The highest BCUT2D eigenvalue weighted by Gasteiger charge is 2.25. The van der Waals surface area contributed by atoms with Crippen LogP contribution < -0.4 is 0 Å². The van der Waals surface area contributed by atoms with Gasteiger partial charge in [0.2, 0.25) is 5.82 Å². The molecule has 1 N–H and O–H groups in total. The summed E-state index contributed by atoms with van der Waals surface area (Å²) in [5.74, 6) is 0.351. The van der Waals surface area contributed by atoms with Crippen LogP contribution in [-0.2, 0) is 18.2 Å². The lowest BCUT2D eigenvalue weighted by Gasteiger charge is -2.12. The van der Waals surface area contributed by atoms with E-state index in [1.165, 1.54) is 17.7 Å². The van der Waals surface area contributed by atoms with Gasteiger partial charge in [0.15, 0.2) is 11.0 Å². The van der Waals surface area contributed by atoms with Crippen LogP contribution in [0.25, 0.3) is 0 Å². The minimum absolute atomic E-state index is 0.132. The fraction of sp³-hybridized carbons (Fsp3) is 0.308. The Kier molecular flexibility index (Phi) is 5.07. The van der Waals surface area contributed by atoms with Crippen LogP contribution >= 0.6 is 11.6 Å². The van der Waals surface area contributed by atoms with Gasteiger partial charge in [-0.2, -0.15) is 0 Å². The summed E-state index contributed by atoms with van der Waals surface area (Å²) in [5.41, 5.74) is 0.422. The van der Waals surface area contributed by atoms with Crippen molar-refractivity contribution in [1.82, 2.24) is 9.55 Å². The molecule has 0 aliphatic rings. The molecule has 1 heterocycles. The molecule has 2 unspecified atom stereocenters. The van der Waals surface area contributed by atoms with Gasteiger partial charge in [0.25, 0.3) is 0 Å². The number of hydrogen-bond acceptors (Lipinski definition) is 5. The lowest BCUT2D eigenvalue weighted by atomic mass is 10.1. The Morgan fingerprint density at radius 3 is 2.73 bits per heavy atom. The van der Waals surface area contributed by atoms with Crippen molar-refractivity contribution in [3.05, 3.63) is 50.9 Å². The van der Waals surface area contributed by atoms with Crippen molar-refractivity contribution in [2.45, 2.75) is 17.9 Å². The van der Waals surface area contributed by atoms with Gasteiger partial charge in [-0.3, -0.25) is 0 Å².